The minimum absolute atomic E-state index is 0.0572. The molecular weight excluding hydrogens is 516 g/mol. The fourth-order valence-corrected chi connectivity index (χ4v) is 4.41. The molecule has 0 heterocycles. The molecule has 0 fully saturated rings. The van der Waals surface area contributed by atoms with E-state index in [-0.39, 0.29) is 11.8 Å². The van der Waals surface area contributed by atoms with E-state index in [0.29, 0.717) is 39.0 Å². The Morgan fingerprint density at radius 3 is 2.31 bits per heavy atom. The second kappa shape index (κ2) is 15.1. The molecule has 6 heteroatoms. The second-order valence-corrected chi connectivity index (χ2v) is 9.68. The fourth-order valence-electron chi connectivity index (χ4n) is 3.97. The van der Waals surface area contributed by atoms with Gasteiger partial charge in [-0.25, -0.2) is 0 Å². The summed E-state index contributed by atoms with van der Waals surface area (Å²) in [6.07, 6.45) is 3.22. The van der Waals surface area contributed by atoms with Crippen LogP contribution in [0.15, 0.2) is 89.4 Å². The number of para-hydroxylation sites is 1. The molecule has 3 rings (SSSR count). The summed E-state index contributed by atoms with van der Waals surface area (Å²) in [5.41, 5.74) is 1.99. The Balaban J connectivity index is 1.78. The molecule has 0 unspecified atom stereocenters. The molecule has 36 heavy (non-hydrogen) atoms. The molecule has 0 aliphatic rings. The smallest absolute Gasteiger partial charge is 0.243 e. The molecule has 0 bridgehead atoms. The summed E-state index contributed by atoms with van der Waals surface area (Å²) in [6, 6.07) is 26.7. The van der Waals surface area contributed by atoms with Crippen LogP contribution in [0.25, 0.3) is 0 Å². The number of hydrogen-bond donors (Lipinski definition) is 1. The molecular formula is C30H35BrN2O3. The molecule has 0 aliphatic heterocycles. The molecule has 0 saturated carbocycles. The number of hydrogen-bond acceptors (Lipinski definition) is 3. The van der Waals surface area contributed by atoms with Crippen LogP contribution in [0.2, 0.25) is 0 Å². The van der Waals surface area contributed by atoms with Crippen molar-refractivity contribution in [3.63, 3.8) is 0 Å². The average molecular weight is 552 g/mol. The lowest BCUT2D eigenvalue weighted by Gasteiger charge is -2.31. The third-order valence-electron chi connectivity index (χ3n) is 5.89. The number of unbranched alkanes of at least 4 members (excludes halogenated alkanes) is 1. The maximum atomic E-state index is 13.6. The third-order valence-corrected chi connectivity index (χ3v) is 6.38. The van der Waals surface area contributed by atoms with Gasteiger partial charge in [0.2, 0.25) is 11.8 Å². The number of benzene rings is 3. The van der Waals surface area contributed by atoms with Crippen molar-refractivity contribution >= 4 is 27.7 Å². The van der Waals surface area contributed by atoms with E-state index in [0.717, 1.165) is 34.2 Å². The first kappa shape index (κ1) is 27.5. The fraction of sp³-hybridized carbons (Fsp3) is 0.333. The first-order chi connectivity index (χ1) is 17.6. The van der Waals surface area contributed by atoms with E-state index in [4.69, 9.17) is 4.74 Å². The Hall–Kier alpha value is -3.12. The van der Waals surface area contributed by atoms with E-state index < -0.39 is 6.04 Å². The van der Waals surface area contributed by atoms with Gasteiger partial charge in [-0.3, -0.25) is 9.59 Å². The van der Waals surface area contributed by atoms with Crippen molar-refractivity contribution in [3.05, 3.63) is 101 Å². The van der Waals surface area contributed by atoms with Crippen LogP contribution in [0.1, 0.15) is 43.7 Å². The van der Waals surface area contributed by atoms with Gasteiger partial charge in [0.05, 0.1) is 6.61 Å². The standard InChI is InChI=1S/C30H35BrN2O3/c1-2-3-19-32-30(35)28(22-24-12-6-4-7-13-24)33(23-25-14-10-15-26(31)21-25)29(34)18-11-20-36-27-16-8-5-9-17-27/h4-10,12-17,21,28H,2-3,11,18-20,22-23H2,1H3,(H,32,35)/t28-/m1/s1. The van der Waals surface area contributed by atoms with E-state index in [2.05, 4.69) is 28.2 Å². The van der Waals surface area contributed by atoms with Crippen LogP contribution in [0.3, 0.4) is 0 Å². The van der Waals surface area contributed by atoms with Crippen LogP contribution >= 0.6 is 15.9 Å². The SMILES string of the molecule is CCCCNC(=O)[C@@H](Cc1ccccc1)N(Cc1cccc(Br)c1)C(=O)CCCOc1ccccc1. The lowest BCUT2D eigenvalue weighted by molar-refractivity contribution is -0.141. The highest BCUT2D eigenvalue weighted by atomic mass is 79.9. The molecule has 0 spiro atoms. The number of halogens is 1. The summed E-state index contributed by atoms with van der Waals surface area (Å²) >= 11 is 3.53. The third kappa shape index (κ3) is 9.15. The number of carbonyl (C=O) groups is 2. The predicted octanol–water partition coefficient (Wildman–Crippen LogP) is 6.16. The van der Waals surface area contributed by atoms with Crippen LogP contribution in [-0.2, 0) is 22.6 Å². The Kier molecular flexibility index (Phi) is 11.5. The molecule has 5 nitrogen and oxygen atoms in total. The summed E-state index contributed by atoms with van der Waals surface area (Å²) in [5.74, 6) is 0.614. The van der Waals surface area contributed by atoms with Crippen molar-refractivity contribution in [2.24, 2.45) is 0 Å². The van der Waals surface area contributed by atoms with Gasteiger partial charge in [-0.15, -0.1) is 0 Å². The second-order valence-electron chi connectivity index (χ2n) is 8.77. The number of rotatable bonds is 14. The van der Waals surface area contributed by atoms with E-state index in [1.54, 1.807) is 4.90 Å². The zero-order chi connectivity index (χ0) is 25.6. The van der Waals surface area contributed by atoms with Gasteiger partial charge in [0.25, 0.3) is 0 Å². The van der Waals surface area contributed by atoms with E-state index >= 15 is 0 Å². The van der Waals surface area contributed by atoms with Gasteiger partial charge in [0, 0.05) is 30.4 Å². The molecule has 3 aromatic rings. The first-order valence-electron chi connectivity index (χ1n) is 12.6. The predicted molar refractivity (Wildman–Crippen MR) is 148 cm³/mol. The zero-order valence-corrected chi connectivity index (χ0v) is 22.5. The van der Waals surface area contributed by atoms with Gasteiger partial charge in [0.15, 0.2) is 0 Å². The van der Waals surface area contributed by atoms with Gasteiger partial charge in [0.1, 0.15) is 11.8 Å². The Bertz CT molecular complexity index is 1080. The highest BCUT2D eigenvalue weighted by molar-refractivity contribution is 9.10. The normalized spacial score (nSPS) is 11.5. The number of carbonyl (C=O) groups excluding carboxylic acids is 2. The van der Waals surface area contributed by atoms with Crippen molar-refractivity contribution < 1.29 is 14.3 Å². The molecule has 3 aromatic carbocycles. The minimum Gasteiger partial charge on any atom is -0.494 e. The van der Waals surface area contributed by atoms with Gasteiger partial charge in [-0.1, -0.05) is 89.9 Å². The summed E-state index contributed by atoms with van der Waals surface area (Å²) in [6.45, 7) is 3.49. The number of nitrogens with zero attached hydrogens (tertiary/aromatic N) is 1. The molecule has 190 valence electrons. The van der Waals surface area contributed by atoms with E-state index in [1.165, 1.54) is 0 Å². The van der Waals surface area contributed by atoms with Crippen molar-refractivity contribution in [3.8, 4) is 5.75 Å². The van der Waals surface area contributed by atoms with Gasteiger partial charge in [-0.2, -0.15) is 0 Å². The molecule has 1 atom stereocenters. The molecule has 0 saturated heterocycles. The van der Waals surface area contributed by atoms with Crippen molar-refractivity contribution in [2.75, 3.05) is 13.2 Å². The Morgan fingerprint density at radius 2 is 1.61 bits per heavy atom. The quantitative estimate of drug-likeness (QED) is 0.244. The van der Waals surface area contributed by atoms with Crippen molar-refractivity contribution in [2.45, 2.75) is 51.6 Å². The lowest BCUT2D eigenvalue weighted by atomic mass is 10.0. The number of ether oxygens (including phenoxy) is 1. The largest absolute Gasteiger partial charge is 0.494 e. The number of nitrogens with one attached hydrogen (secondary N) is 1. The highest BCUT2D eigenvalue weighted by Crippen LogP contribution is 2.19. The molecule has 0 radical (unpaired) electrons. The zero-order valence-electron chi connectivity index (χ0n) is 20.9. The van der Waals surface area contributed by atoms with Crippen LogP contribution < -0.4 is 10.1 Å². The summed E-state index contributed by atoms with van der Waals surface area (Å²) < 4.78 is 6.72. The summed E-state index contributed by atoms with van der Waals surface area (Å²) in [7, 11) is 0. The average Bonchev–Trinajstić information content (AvgIpc) is 2.90. The minimum atomic E-state index is -0.606. The van der Waals surface area contributed by atoms with Gasteiger partial charge < -0.3 is 15.0 Å². The van der Waals surface area contributed by atoms with Crippen LogP contribution in [0.5, 0.6) is 5.75 Å². The van der Waals surface area contributed by atoms with E-state index in [9.17, 15) is 9.59 Å². The van der Waals surface area contributed by atoms with Crippen LogP contribution in [0, 0.1) is 0 Å². The molecule has 0 aromatic heterocycles. The topological polar surface area (TPSA) is 58.6 Å². The van der Waals surface area contributed by atoms with Crippen molar-refractivity contribution in [1.29, 1.82) is 0 Å². The highest BCUT2D eigenvalue weighted by Gasteiger charge is 2.30. The number of amides is 2. The Morgan fingerprint density at radius 1 is 0.917 bits per heavy atom. The summed E-state index contributed by atoms with van der Waals surface area (Å²) in [5, 5.41) is 3.06. The maximum Gasteiger partial charge on any atom is 0.243 e. The van der Waals surface area contributed by atoms with Crippen molar-refractivity contribution in [1.82, 2.24) is 10.2 Å². The lowest BCUT2D eigenvalue weighted by Crippen LogP contribution is -2.50. The summed E-state index contributed by atoms with van der Waals surface area (Å²) in [4.78, 5) is 28.7. The van der Waals surface area contributed by atoms with Crippen LogP contribution in [0.4, 0.5) is 0 Å². The van der Waals surface area contributed by atoms with Gasteiger partial charge >= 0.3 is 0 Å². The first-order valence-corrected chi connectivity index (χ1v) is 13.4. The molecule has 1 N–H and O–H groups in total. The van der Waals surface area contributed by atoms with Crippen LogP contribution in [-0.4, -0.2) is 35.9 Å². The monoisotopic (exact) mass is 550 g/mol. The molecule has 0 aliphatic carbocycles. The molecule has 2 amide bonds. The Labute approximate surface area is 223 Å². The maximum absolute atomic E-state index is 13.6. The van der Waals surface area contributed by atoms with Gasteiger partial charge in [-0.05, 0) is 48.2 Å². The van der Waals surface area contributed by atoms with E-state index in [1.807, 2.05) is 84.9 Å².